The predicted molar refractivity (Wildman–Crippen MR) is 108 cm³/mol. The largest absolute Gasteiger partial charge is 0.497 e. The highest BCUT2D eigenvalue weighted by molar-refractivity contribution is 5.64. The van der Waals surface area contributed by atoms with Gasteiger partial charge in [0.05, 0.1) is 25.1 Å². The van der Waals surface area contributed by atoms with Gasteiger partial charge in [-0.2, -0.15) is 5.10 Å². The summed E-state index contributed by atoms with van der Waals surface area (Å²) in [5.74, 6) is 0.152. The van der Waals surface area contributed by atoms with E-state index >= 15 is 0 Å². The summed E-state index contributed by atoms with van der Waals surface area (Å²) in [7, 11) is 1.53. The Labute approximate surface area is 169 Å². The first-order valence-electron chi connectivity index (χ1n) is 9.82. The van der Waals surface area contributed by atoms with Crippen molar-refractivity contribution in [3.8, 4) is 17.0 Å². The van der Waals surface area contributed by atoms with Gasteiger partial charge in [0.25, 0.3) is 0 Å². The molecule has 29 heavy (non-hydrogen) atoms. The number of nitrogens with zero attached hydrogens (tertiary/aromatic N) is 3. The number of H-pyrrole nitrogens is 1. The van der Waals surface area contributed by atoms with Crippen LogP contribution in [-0.2, 0) is 17.8 Å². The third-order valence-electron chi connectivity index (χ3n) is 5.20. The summed E-state index contributed by atoms with van der Waals surface area (Å²) in [5.41, 5.74) is 3.30. The lowest BCUT2D eigenvalue weighted by Crippen LogP contribution is -2.31. The molecule has 0 spiro atoms. The smallest absolute Gasteiger partial charge is 0.136 e. The zero-order valence-electron chi connectivity index (χ0n) is 16.5. The van der Waals surface area contributed by atoms with Crippen LogP contribution < -0.4 is 4.74 Å². The molecule has 0 saturated carbocycles. The van der Waals surface area contributed by atoms with Crippen LogP contribution in [-0.4, -0.2) is 46.4 Å². The third-order valence-corrected chi connectivity index (χ3v) is 5.20. The summed E-state index contributed by atoms with van der Waals surface area (Å²) in [6.07, 6.45) is 7.77. The van der Waals surface area contributed by atoms with Gasteiger partial charge < -0.3 is 9.47 Å². The molecule has 3 aromatic rings. The van der Waals surface area contributed by atoms with Gasteiger partial charge in [-0.3, -0.25) is 15.0 Å². The molecule has 0 radical (unpaired) electrons. The maximum Gasteiger partial charge on any atom is 0.136 e. The molecule has 1 unspecified atom stereocenters. The van der Waals surface area contributed by atoms with Crippen LogP contribution in [0.4, 0.5) is 4.39 Å². The van der Waals surface area contributed by atoms with Crippen molar-refractivity contribution in [2.75, 3.05) is 20.3 Å². The van der Waals surface area contributed by atoms with Gasteiger partial charge >= 0.3 is 0 Å². The van der Waals surface area contributed by atoms with E-state index in [1.807, 2.05) is 12.1 Å². The van der Waals surface area contributed by atoms with E-state index in [0.717, 1.165) is 38.1 Å². The zero-order chi connectivity index (χ0) is 20.1. The van der Waals surface area contributed by atoms with Crippen LogP contribution in [0.5, 0.6) is 5.75 Å². The normalized spacial score (nSPS) is 16.4. The van der Waals surface area contributed by atoms with Crippen LogP contribution in [0.15, 0.2) is 48.9 Å². The zero-order valence-corrected chi connectivity index (χ0v) is 16.5. The van der Waals surface area contributed by atoms with E-state index < -0.39 is 0 Å². The fraction of sp³-hybridized carbons (Fsp3) is 0.364. The number of halogens is 1. The summed E-state index contributed by atoms with van der Waals surface area (Å²) in [4.78, 5) is 6.42. The Morgan fingerprint density at radius 2 is 2.10 bits per heavy atom. The summed E-state index contributed by atoms with van der Waals surface area (Å²) in [5, 5.41) is 7.15. The number of aromatic nitrogens is 3. The van der Waals surface area contributed by atoms with Gasteiger partial charge in [0.2, 0.25) is 0 Å². The van der Waals surface area contributed by atoms with Crippen LogP contribution in [0.3, 0.4) is 0 Å². The summed E-state index contributed by atoms with van der Waals surface area (Å²) < 4.78 is 25.6. The molecule has 1 atom stereocenters. The molecule has 7 heteroatoms. The summed E-state index contributed by atoms with van der Waals surface area (Å²) in [6, 6.07) is 8.90. The van der Waals surface area contributed by atoms with E-state index in [0.29, 0.717) is 23.6 Å². The van der Waals surface area contributed by atoms with Crippen LogP contribution in [0.2, 0.25) is 0 Å². The minimum absolute atomic E-state index is 0.227. The number of benzene rings is 1. The van der Waals surface area contributed by atoms with Crippen molar-refractivity contribution in [3.63, 3.8) is 0 Å². The predicted octanol–water partition coefficient (Wildman–Crippen LogP) is 3.80. The van der Waals surface area contributed by atoms with Gasteiger partial charge in [-0.15, -0.1) is 0 Å². The van der Waals surface area contributed by atoms with Crippen molar-refractivity contribution in [2.24, 2.45) is 0 Å². The molecule has 1 saturated heterocycles. The highest BCUT2D eigenvalue weighted by Gasteiger charge is 2.22. The first-order valence-corrected chi connectivity index (χ1v) is 9.82. The lowest BCUT2D eigenvalue weighted by molar-refractivity contribution is 0.0679. The van der Waals surface area contributed by atoms with Crippen LogP contribution in [0, 0.1) is 5.82 Å². The molecule has 2 aromatic heterocycles. The minimum Gasteiger partial charge on any atom is -0.497 e. The molecular weight excluding hydrogens is 371 g/mol. The van der Waals surface area contributed by atoms with Gasteiger partial charge in [-0.25, -0.2) is 4.39 Å². The number of methoxy groups -OCH3 is 1. The van der Waals surface area contributed by atoms with Gasteiger partial charge in [0.15, 0.2) is 0 Å². The molecule has 1 N–H and O–H groups in total. The molecule has 0 aliphatic carbocycles. The van der Waals surface area contributed by atoms with E-state index in [9.17, 15) is 4.39 Å². The van der Waals surface area contributed by atoms with Gasteiger partial charge in [-0.1, -0.05) is 0 Å². The van der Waals surface area contributed by atoms with Gasteiger partial charge in [-0.05, 0) is 42.7 Å². The first kappa shape index (κ1) is 19.5. The molecular formula is C22H25FN4O2. The molecule has 1 fully saturated rings. The molecule has 1 aliphatic rings. The average molecular weight is 396 g/mol. The number of pyridine rings is 1. The van der Waals surface area contributed by atoms with E-state index in [1.165, 1.54) is 18.7 Å². The van der Waals surface area contributed by atoms with E-state index in [-0.39, 0.29) is 11.9 Å². The standard InChI is InChI=1S/C22H25FN4O2/c1-28-18-4-5-20(21(23)11-18)22-17(12-25-26-22)14-27(15-19-3-2-10-29-19)13-16-6-8-24-9-7-16/h4-9,11-12,19H,2-3,10,13-15H2,1H3,(H,25,26). The second kappa shape index (κ2) is 9.15. The maximum absolute atomic E-state index is 14.6. The van der Waals surface area contributed by atoms with E-state index in [4.69, 9.17) is 9.47 Å². The van der Waals surface area contributed by atoms with Gasteiger partial charge in [0, 0.05) is 55.8 Å². The van der Waals surface area contributed by atoms with Crippen molar-refractivity contribution in [1.82, 2.24) is 20.1 Å². The number of aromatic amines is 1. The second-order valence-electron chi connectivity index (χ2n) is 7.28. The number of hydrogen-bond donors (Lipinski definition) is 1. The highest BCUT2D eigenvalue weighted by atomic mass is 19.1. The number of ether oxygens (including phenoxy) is 2. The monoisotopic (exact) mass is 396 g/mol. The summed E-state index contributed by atoms with van der Waals surface area (Å²) >= 11 is 0. The lowest BCUT2D eigenvalue weighted by Gasteiger charge is -2.25. The molecule has 0 bridgehead atoms. The molecule has 0 amide bonds. The van der Waals surface area contributed by atoms with Crippen molar-refractivity contribution in [2.45, 2.75) is 32.0 Å². The number of hydrogen-bond acceptors (Lipinski definition) is 5. The molecule has 152 valence electrons. The molecule has 4 rings (SSSR count). The first-order chi connectivity index (χ1) is 14.2. The maximum atomic E-state index is 14.6. The molecule has 3 heterocycles. The third kappa shape index (κ3) is 4.81. The van der Waals surface area contributed by atoms with Crippen LogP contribution in [0.25, 0.3) is 11.3 Å². The Morgan fingerprint density at radius 3 is 2.83 bits per heavy atom. The van der Waals surface area contributed by atoms with Crippen LogP contribution >= 0.6 is 0 Å². The van der Waals surface area contributed by atoms with Gasteiger partial charge in [0.1, 0.15) is 11.6 Å². The minimum atomic E-state index is -0.338. The fourth-order valence-corrected chi connectivity index (χ4v) is 3.74. The topological polar surface area (TPSA) is 63.3 Å². The van der Waals surface area contributed by atoms with Crippen molar-refractivity contribution >= 4 is 0 Å². The Bertz CT molecular complexity index is 926. The molecule has 1 aliphatic heterocycles. The van der Waals surface area contributed by atoms with E-state index in [2.05, 4.69) is 20.1 Å². The Morgan fingerprint density at radius 1 is 1.24 bits per heavy atom. The fourth-order valence-electron chi connectivity index (χ4n) is 3.74. The Balaban J connectivity index is 1.56. The lowest BCUT2D eigenvalue weighted by atomic mass is 10.1. The van der Waals surface area contributed by atoms with E-state index in [1.54, 1.807) is 30.7 Å². The van der Waals surface area contributed by atoms with Crippen molar-refractivity contribution < 1.29 is 13.9 Å². The SMILES string of the molecule is COc1ccc(-c2[nH]ncc2CN(Cc2ccncc2)CC2CCCO2)c(F)c1. The second-order valence-corrected chi connectivity index (χ2v) is 7.28. The van der Waals surface area contributed by atoms with Crippen molar-refractivity contribution in [3.05, 3.63) is 65.9 Å². The molecule has 1 aromatic carbocycles. The highest BCUT2D eigenvalue weighted by Crippen LogP contribution is 2.28. The Kier molecular flexibility index (Phi) is 6.17. The van der Waals surface area contributed by atoms with Crippen molar-refractivity contribution in [1.29, 1.82) is 0 Å². The summed E-state index contributed by atoms with van der Waals surface area (Å²) in [6.45, 7) is 3.04. The number of nitrogens with one attached hydrogen (secondary N) is 1. The van der Waals surface area contributed by atoms with Crippen LogP contribution in [0.1, 0.15) is 24.0 Å². The Hall–Kier alpha value is -2.77. The molecule has 6 nitrogen and oxygen atoms in total. The average Bonchev–Trinajstić information content (AvgIpc) is 3.41. The number of rotatable bonds is 8. The quantitative estimate of drug-likeness (QED) is 0.628.